The highest BCUT2D eigenvalue weighted by atomic mass is 35.5. The zero-order valence-corrected chi connectivity index (χ0v) is 15.1. The van der Waals surface area contributed by atoms with Crippen LogP contribution in [0.1, 0.15) is 29.3 Å². The van der Waals surface area contributed by atoms with E-state index in [-0.39, 0.29) is 11.9 Å². The second-order valence-corrected chi connectivity index (χ2v) is 6.02. The number of halogens is 2. The summed E-state index contributed by atoms with van der Waals surface area (Å²) in [7, 11) is 0. The Hall–Kier alpha value is -2.30. The van der Waals surface area contributed by atoms with Crippen molar-refractivity contribution < 1.29 is 14.3 Å². The normalized spacial score (nSPS) is 10.7. The monoisotopic (exact) mass is 377 g/mol. The van der Waals surface area contributed by atoms with E-state index in [1.165, 1.54) is 6.08 Å². The average molecular weight is 378 g/mol. The molecular weight excluding hydrogens is 361 g/mol. The predicted octanol–water partition coefficient (Wildman–Crippen LogP) is 5.21. The van der Waals surface area contributed by atoms with Crippen molar-refractivity contribution >= 4 is 46.8 Å². The average Bonchev–Trinajstić information content (AvgIpc) is 2.61. The van der Waals surface area contributed by atoms with E-state index in [1.807, 2.05) is 6.92 Å². The second kappa shape index (κ2) is 9.25. The molecule has 25 heavy (non-hydrogen) atoms. The minimum atomic E-state index is -0.376. The van der Waals surface area contributed by atoms with Crippen molar-refractivity contribution in [3.63, 3.8) is 0 Å². The molecule has 0 radical (unpaired) electrons. The van der Waals surface area contributed by atoms with Crippen LogP contribution >= 0.6 is 23.2 Å². The third-order valence-electron chi connectivity index (χ3n) is 3.20. The summed E-state index contributed by atoms with van der Waals surface area (Å²) in [5, 5.41) is 3.60. The summed E-state index contributed by atoms with van der Waals surface area (Å²) < 4.78 is 5.05. The number of amides is 1. The van der Waals surface area contributed by atoms with E-state index in [0.29, 0.717) is 27.9 Å². The number of carbonyl (C=O) groups excluding carboxylic acids is 2. The molecular formula is C19H17Cl2NO3. The Kier molecular flexibility index (Phi) is 7.04. The summed E-state index contributed by atoms with van der Waals surface area (Å²) in [5.41, 5.74) is 1.78. The number of nitrogens with one attached hydrogen (secondary N) is 1. The van der Waals surface area contributed by atoms with Gasteiger partial charge in [-0.3, -0.25) is 4.79 Å². The van der Waals surface area contributed by atoms with Gasteiger partial charge in [-0.2, -0.15) is 0 Å². The Bertz CT molecular complexity index is 786. The Morgan fingerprint density at radius 1 is 1.08 bits per heavy atom. The molecule has 6 heteroatoms. The van der Waals surface area contributed by atoms with Gasteiger partial charge in [-0.15, -0.1) is 0 Å². The van der Waals surface area contributed by atoms with Gasteiger partial charge < -0.3 is 10.1 Å². The molecule has 0 aromatic heterocycles. The van der Waals surface area contributed by atoms with Gasteiger partial charge in [0.05, 0.1) is 22.2 Å². The molecule has 0 heterocycles. The maximum atomic E-state index is 11.9. The molecule has 0 unspecified atom stereocenters. The van der Waals surface area contributed by atoms with Gasteiger partial charge in [0, 0.05) is 11.8 Å². The van der Waals surface area contributed by atoms with Crippen LogP contribution in [0.15, 0.2) is 48.5 Å². The van der Waals surface area contributed by atoms with Crippen molar-refractivity contribution in [2.45, 2.75) is 13.3 Å². The van der Waals surface area contributed by atoms with Crippen LogP contribution in [-0.4, -0.2) is 18.5 Å². The number of anilines is 1. The fraction of sp³-hybridized carbons (Fsp3) is 0.158. The van der Waals surface area contributed by atoms with Crippen LogP contribution in [0.5, 0.6) is 0 Å². The fourth-order valence-corrected chi connectivity index (χ4v) is 2.25. The van der Waals surface area contributed by atoms with Gasteiger partial charge in [0.15, 0.2) is 0 Å². The van der Waals surface area contributed by atoms with Crippen LogP contribution in [0.2, 0.25) is 10.0 Å². The first-order valence-electron chi connectivity index (χ1n) is 7.71. The van der Waals surface area contributed by atoms with E-state index in [9.17, 15) is 9.59 Å². The Morgan fingerprint density at radius 3 is 2.44 bits per heavy atom. The van der Waals surface area contributed by atoms with Gasteiger partial charge in [-0.05, 0) is 54.5 Å². The highest BCUT2D eigenvalue weighted by Crippen LogP contribution is 2.23. The summed E-state index contributed by atoms with van der Waals surface area (Å²) in [6.45, 7) is 2.31. The van der Waals surface area contributed by atoms with Crippen LogP contribution in [0.4, 0.5) is 5.69 Å². The quantitative estimate of drug-likeness (QED) is 0.554. The minimum Gasteiger partial charge on any atom is -0.462 e. The van der Waals surface area contributed by atoms with E-state index < -0.39 is 0 Å². The first-order valence-corrected chi connectivity index (χ1v) is 8.46. The zero-order chi connectivity index (χ0) is 18.2. The molecule has 0 saturated heterocycles. The SMILES string of the molecule is CCCOC(=O)c1ccc(NC(=O)/C=C/c2ccc(Cl)c(Cl)c2)cc1. The van der Waals surface area contributed by atoms with E-state index in [1.54, 1.807) is 48.5 Å². The minimum absolute atomic E-state index is 0.299. The van der Waals surface area contributed by atoms with Crippen LogP contribution < -0.4 is 5.32 Å². The van der Waals surface area contributed by atoms with Crippen molar-refractivity contribution in [3.05, 3.63) is 69.7 Å². The maximum absolute atomic E-state index is 11.9. The van der Waals surface area contributed by atoms with Crippen LogP contribution in [0.3, 0.4) is 0 Å². The second-order valence-electron chi connectivity index (χ2n) is 5.21. The molecule has 0 fully saturated rings. The maximum Gasteiger partial charge on any atom is 0.338 e. The fourth-order valence-electron chi connectivity index (χ4n) is 1.94. The molecule has 1 N–H and O–H groups in total. The molecule has 0 aliphatic carbocycles. The lowest BCUT2D eigenvalue weighted by Gasteiger charge is -2.05. The highest BCUT2D eigenvalue weighted by Gasteiger charge is 2.06. The summed E-state index contributed by atoms with van der Waals surface area (Å²) in [6.07, 6.45) is 3.79. The molecule has 1 amide bonds. The Balaban J connectivity index is 1.94. The molecule has 2 aromatic carbocycles. The van der Waals surface area contributed by atoms with Gasteiger partial charge in [-0.1, -0.05) is 36.2 Å². The topological polar surface area (TPSA) is 55.4 Å². The summed E-state index contributed by atoms with van der Waals surface area (Å²) >= 11 is 11.8. The van der Waals surface area contributed by atoms with E-state index in [4.69, 9.17) is 27.9 Å². The molecule has 0 saturated carbocycles. The number of hydrogen-bond acceptors (Lipinski definition) is 3. The molecule has 2 rings (SSSR count). The molecule has 2 aromatic rings. The number of hydrogen-bond donors (Lipinski definition) is 1. The number of ether oxygens (including phenoxy) is 1. The number of esters is 1. The highest BCUT2D eigenvalue weighted by molar-refractivity contribution is 6.42. The molecule has 0 atom stereocenters. The van der Waals surface area contributed by atoms with Crippen LogP contribution in [0, 0.1) is 0 Å². The van der Waals surface area contributed by atoms with Gasteiger partial charge in [0.25, 0.3) is 0 Å². The largest absolute Gasteiger partial charge is 0.462 e. The molecule has 4 nitrogen and oxygen atoms in total. The number of rotatable bonds is 6. The molecule has 0 aliphatic heterocycles. The van der Waals surface area contributed by atoms with E-state index in [0.717, 1.165) is 12.0 Å². The van der Waals surface area contributed by atoms with Gasteiger partial charge in [0.1, 0.15) is 0 Å². The van der Waals surface area contributed by atoms with Gasteiger partial charge in [-0.25, -0.2) is 4.79 Å². The predicted molar refractivity (Wildman–Crippen MR) is 101 cm³/mol. The number of benzene rings is 2. The van der Waals surface area contributed by atoms with Crippen LogP contribution in [0.25, 0.3) is 6.08 Å². The van der Waals surface area contributed by atoms with Crippen molar-refractivity contribution in [2.75, 3.05) is 11.9 Å². The van der Waals surface area contributed by atoms with Gasteiger partial charge in [0.2, 0.25) is 5.91 Å². The smallest absolute Gasteiger partial charge is 0.338 e. The third-order valence-corrected chi connectivity index (χ3v) is 3.94. The molecule has 0 bridgehead atoms. The first kappa shape index (κ1) is 19.0. The van der Waals surface area contributed by atoms with E-state index in [2.05, 4.69) is 5.32 Å². The zero-order valence-electron chi connectivity index (χ0n) is 13.6. The standard InChI is InChI=1S/C19H17Cl2NO3/c1-2-11-25-19(24)14-5-7-15(8-6-14)22-18(23)10-4-13-3-9-16(20)17(21)12-13/h3-10,12H,2,11H2,1H3,(H,22,23)/b10-4+. The van der Waals surface area contributed by atoms with Crippen molar-refractivity contribution in [1.82, 2.24) is 0 Å². The van der Waals surface area contributed by atoms with Crippen molar-refractivity contribution in [3.8, 4) is 0 Å². The lowest BCUT2D eigenvalue weighted by atomic mass is 10.2. The Labute approximate surface area is 156 Å². The molecule has 0 spiro atoms. The molecule has 0 aliphatic rings. The van der Waals surface area contributed by atoms with Gasteiger partial charge >= 0.3 is 5.97 Å². The van der Waals surface area contributed by atoms with E-state index >= 15 is 0 Å². The van der Waals surface area contributed by atoms with Crippen LogP contribution in [-0.2, 0) is 9.53 Å². The summed E-state index contributed by atoms with van der Waals surface area (Å²) in [6, 6.07) is 11.6. The van der Waals surface area contributed by atoms with Crippen molar-refractivity contribution in [1.29, 1.82) is 0 Å². The lowest BCUT2D eigenvalue weighted by molar-refractivity contribution is -0.111. The summed E-state index contributed by atoms with van der Waals surface area (Å²) in [5.74, 6) is -0.674. The Morgan fingerprint density at radius 2 is 1.80 bits per heavy atom. The number of carbonyl (C=O) groups is 2. The summed E-state index contributed by atoms with van der Waals surface area (Å²) in [4.78, 5) is 23.7. The third kappa shape index (κ3) is 5.93. The van der Waals surface area contributed by atoms with Crippen molar-refractivity contribution in [2.24, 2.45) is 0 Å². The first-order chi connectivity index (χ1) is 12.0. The molecule has 130 valence electrons. The lowest BCUT2D eigenvalue weighted by Crippen LogP contribution is -2.09.